The topological polar surface area (TPSA) is 44.7 Å². The molecule has 1 saturated heterocycles. The molecular weight excluding hydrogens is 398 g/mol. The number of hydrogen-bond acceptors (Lipinski definition) is 6. The molecular formula is C26H31N5O. The average molecular weight is 430 g/mol. The Morgan fingerprint density at radius 1 is 0.906 bits per heavy atom. The van der Waals surface area contributed by atoms with E-state index in [1.54, 1.807) is 7.11 Å². The van der Waals surface area contributed by atoms with Gasteiger partial charge in [0.1, 0.15) is 5.75 Å². The number of aromatic nitrogens is 2. The van der Waals surface area contributed by atoms with Crippen LogP contribution in [0.4, 0.5) is 11.6 Å². The van der Waals surface area contributed by atoms with Crippen LogP contribution in [0.2, 0.25) is 0 Å². The molecule has 0 bridgehead atoms. The summed E-state index contributed by atoms with van der Waals surface area (Å²) in [6.07, 6.45) is 3.03. The largest absolute Gasteiger partial charge is 0.495 e. The van der Waals surface area contributed by atoms with Gasteiger partial charge >= 0.3 is 0 Å². The first kappa shape index (κ1) is 20.8. The summed E-state index contributed by atoms with van der Waals surface area (Å²) in [5.41, 5.74) is 6.31. The molecule has 0 atom stereocenters. The van der Waals surface area contributed by atoms with Crippen LogP contribution in [0.3, 0.4) is 0 Å². The normalized spacial score (nSPS) is 16.7. The van der Waals surface area contributed by atoms with E-state index < -0.39 is 0 Å². The Hall–Kier alpha value is -3.12. The summed E-state index contributed by atoms with van der Waals surface area (Å²) in [5, 5.41) is 0. The van der Waals surface area contributed by atoms with Gasteiger partial charge in [-0.15, -0.1) is 0 Å². The molecule has 3 aromatic rings. The molecule has 2 aliphatic rings. The van der Waals surface area contributed by atoms with Crippen molar-refractivity contribution in [1.82, 2.24) is 14.9 Å². The summed E-state index contributed by atoms with van der Waals surface area (Å²) in [6, 6.07) is 17.1. The van der Waals surface area contributed by atoms with Gasteiger partial charge in [-0.05, 0) is 24.6 Å². The number of rotatable bonds is 5. The van der Waals surface area contributed by atoms with Crippen molar-refractivity contribution in [2.75, 3.05) is 49.6 Å². The van der Waals surface area contributed by atoms with Gasteiger partial charge in [0.25, 0.3) is 0 Å². The standard InChI is InChI=1S/C26H31N5O/c1-20-7-9-21(10-8-20)18-29-12-11-23-22(19-29)17-27-26(28-23)31-15-13-30(14-16-31)24-5-3-4-6-25(24)32-2/h3-10,17H,11-16,18-19H2,1-2H3. The first-order valence-electron chi connectivity index (χ1n) is 11.5. The van der Waals surface area contributed by atoms with Crippen LogP contribution in [-0.4, -0.2) is 54.7 Å². The van der Waals surface area contributed by atoms with Crippen LogP contribution < -0.4 is 14.5 Å². The average Bonchev–Trinajstić information content (AvgIpc) is 2.85. The molecule has 166 valence electrons. The van der Waals surface area contributed by atoms with Gasteiger partial charge in [0.15, 0.2) is 0 Å². The summed E-state index contributed by atoms with van der Waals surface area (Å²) in [4.78, 5) is 16.9. The van der Waals surface area contributed by atoms with Gasteiger partial charge in [0, 0.05) is 64.0 Å². The number of hydrogen-bond donors (Lipinski definition) is 0. The van der Waals surface area contributed by atoms with Gasteiger partial charge in [-0.3, -0.25) is 4.90 Å². The second kappa shape index (κ2) is 9.17. The zero-order valence-corrected chi connectivity index (χ0v) is 19.0. The third-order valence-corrected chi connectivity index (χ3v) is 6.52. The molecule has 1 fully saturated rings. The molecule has 0 radical (unpaired) electrons. The van der Waals surface area contributed by atoms with E-state index in [1.807, 2.05) is 18.3 Å². The third-order valence-electron chi connectivity index (χ3n) is 6.52. The van der Waals surface area contributed by atoms with Crippen LogP contribution >= 0.6 is 0 Å². The SMILES string of the molecule is COc1ccccc1N1CCN(c2ncc3c(n2)CCN(Cc2ccc(C)cc2)C3)CC1. The van der Waals surface area contributed by atoms with Crippen LogP contribution in [-0.2, 0) is 19.5 Å². The molecule has 0 saturated carbocycles. The van der Waals surface area contributed by atoms with Crippen LogP contribution in [0.1, 0.15) is 22.4 Å². The monoisotopic (exact) mass is 429 g/mol. The minimum Gasteiger partial charge on any atom is -0.495 e. The molecule has 0 unspecified atom stereocenters. The molecule has 0 spiro atoms. The van der Waals surface area contributed by atoms with Crippen molar-refractivity contribution in [2.24, 2.45) is 0 Å². The van der Waals surface area contributed by atoms with Crippen molar-refractivity contribution in [3.05, 3.63) is 77.1 Å². The van der Waals surface area contributed by atoms with Crippen molar-refractivity contribution >= 4 is 11.6 Å². The molecule has 0 aliphatic carbocycles. The number of ether oxygens (including phenoxy) is 1. The highest BCUT2D eigenvalue weighted by Gasteiger charge is 2.24. The summed E-state index contributed by atoms with van der Waals surface area (Å²) in [6.45, 7) is 8.77. The Balaban J connectivity index is 1.21. The number of piperazine rings is 1. The maximum atomic E-state index is 5.54. The molecule has 2 aliphatic heterocycles. The Kier molecular flexibility index (Phi) is 5.95. The molecule has 6 nitrogen and oxygen atoms in total. The number of para-hydroxylation sites is 2. The van der Waals surface area contributed by atoms with Gasteiger partial charge < -0.3 is 14.5 Å². The van der Waals surface area contributed by atoms with Crippen molar-refractivity contribution < 1.29 is 4.74 Å². The van der Waals surface area contributed by atoms with Gasteiger partial charge in [0.2, 0.25) is 5.95 Å². The van der Waals surface area contributed by atoms with Crippen LogP contribution in [0, 0.1) is 6.92 Å². The second-order valence-electron chi connectivity index (χ2n) is 8.73. The Morgan fingerprint density at radius 3 is 2.44 bits per heavy atom. The van der Waals surface area contributed by atoms with Crippen molar-refractivity contribution in [3.63, 3.8) is 0 Å². The number of nitrogens with zero attached hydrogens (tertiary/aromatic N) is 5. The van der Waals surface area contributed by atoms with E-state index in [4.69, 9.17) is 14.7 Å². The zero-order valence-electron chi connectivity index (χ0n) is 19.0. The number of fused-ring (bicyclic) bond motifs is 1. The minimum atomic E-state index is 0.871. The summed E-state index contributed by atoms with van der Waals surface area (Å²) in [7, 11) is 1.73. The highest BCUT2D eigenvalue weighted by Crippen LogP contribution is 2.29. The van der Waals surface area contributed by atoms with Gasteiger partial charge in [-0.2, -0.15) is 0 Å². The van der Waals surface area contributed by atoms with E-state index in [0.29, 0.717) is 0 Å². The lowest BCUT2D eigenvalue weighted by atomic mass is 10.1. The predicted molar refractivity (Wildman–Crippen MR) is 128 cm³/mol. The fraction of sp³-hybridized carbons (Fsp3) is 0.385. The molecule has 2 aromatic carbocycles. The molecule has 3 heterocycles. The zero-order chi connectivity index (χ0) is 21.9. The molecule has 5 rings (SSSR count). The Morgan fingerprint density at radius 2 is 1.66 bits per heavy atom. The predicted octanol–water partition coefficient (Wildman–Crippen LogP) is 3.68. The maximum Gasteiger partial charge on any atom is 0.225 e. The fourth-order valence-corrected chi connectivity index (χ4v) is 4.64. The van der Waals surface area contributed by atoms with E-state index in [0.717, 1.165) is 69.6 Å². The van der Waals surface area contributed by atoms with E-state index in [9.17, 15) is 0 Å². The first-order valence-corrected chi connectivity index (χ1v) is 11.5. The lowest BCUT2D eigenvalue weighted by Gasteiger charge is -2.37. The van der Waals surface area contributed by atoms with Crippen LogP contribution in [0.25, 0.3) is 0 Å². The summed E-state index contributed by atoms with van der Waals surface area (Å²) < 4.78 is 5.54. The third kappa shape index (κ3) is 4.41. The van der Waals surface area contributed by atoms with Gasteiger partial charge in [0.05, 0.1) is 18.5 Å². The quantitative estimate of drug-likeness (QED) is 0.617. The van der Waals surface area contributed by atoms with Gasteiger partial charge in [-0.1, -0.05) is 42.0 Å². The Bertz CT molecular complexity index is 1060. The number of anilines is 2. The molecule has 0 N–H and O–H groups in total. The second-order valence-corrected chi connectivity index (χ2v) is 8.73. The fourth-order valence-electron chi connectivity index (χ4n) is 4.64. The lowest BCUT2D eigenvalue weighted by molar-refractivity contribution is 0.243. The van der Waals surface area contributed by atoms with Gasteiger partial charge in [-0.25, -0.2) is 9.97 Å². The van der Waals surface area contributed by atoms with Crippen molar-refractivity contribution in [1.29, 1.82) is 0 Å². The summed E-state index contributed by atoms with van der Waals surface area (Å²) in [5.74, 6) is 1.80. The molecule has 0 amide bonds. The number of aryl methyl sites for hydroxylation is 1. The van der Waals surface area contributed by atoms with Crippen molar-refractivity contribution in [2.45, 2.75) is 26.4 Å². The van der Waals surface area contributed by atoms with E-state index >= 15 is 0 Å². The van der Waals surface area contributed by atoms with E-state index in [-0.39, 0.29) is 0 Å². The van der Waals surface area contributed by atoms with Crippen LogP contribution in [0.15, 0.2) is 54.7 Å². The smallest absolute Gasteiger partial charge is 0.225 e. The molecule has 6 heteroatoms. The van der Waals surface area contributed by atoms with E-state index in [1.165, 1.54) is 22.4 Å². The highest BCUT2D eigenvalue weighted by atomic mass is 16.5. The number of methoxy groups -OCH3 is 1. The first-order chi connectivity index (χ1) is 15.7. The van der Waals surface area contributed by atoms with Crippen molar-refractivity contribution in [3.8, 4) is 5.75 Å². The Labute approximate surface area is 190 Å². The molecule has 1 aromatic heterocycles. The highest BCUT2D eigenvalue weighted by molar-refractivity contribution is 5.59. The van der Waals surface area contributed by atoms with E-state index in [2.05, 4.69) is 58.0 Å². The number of benzene rings is 2. The summed E-state index contributed by atoms with van der Waals surface area (Å²) >= 11 is 0. The lowest BCUT2D eigenvalue weighted by Crippen LogP contribution is -2.47. The minimum absolute atomic E-state index is 0.871. The maximum absolute atomic E-state index is 5.54. The molecule has 32 heavy (non-hydrogen) atoms. The van der Waals surface area contributed by atoms with Crippen LogP contribution in [0.5, 0.6) is 5.75 Å².